The summed E-state index contributed by atoms with van der Waals surface area (Å²) >= 11 is 0. The minimum atomic E-state index is -0.726. The summed E-state index contributed by atoms with van der Waals surface area (Å²) in [4.78, 5) is 23.0. The number of piperidine rings is 1. The van der Waals surface area contributed by atoms with Gasteiger partial charge in [0.05, 0.1) is 6.54 Å². The Labute approximate surface area is 182 Å². The number of likely N-dealkylation sites (tertiary alicyclic amines) is 1. The zero-order chi connectivity index (χ0) is 23.0. The lowest BCUT2D eigenvalue weighted by Crippen LogP contribution is -2.39. The number of primary amides is 1. The molecule has 1 aliphatic heterocycles. The first-order valence-electron chi connectivity index (χ1n) is 10.5. The third kappa shape index (κ3) is 7.07. The van der Waals surface area contributed by atoms with Crippen molar-refractivity contribution >= 4 is 29.2 Å². The Morgan fingerprint density at radius 1 is 1.32 bits per heavy atom. The van der Waals surface area contributed by atoms with E-state index in [2.05, 4.69) is 18.7 Å². The van der Waals surface area contributed by atoms with E-state index in [0.29, 0.717) is 41.3 Å². The number of rotatable bonds is 6. The number of benzene rings is 1. The molecule has 31 heavy (non-hydrogen) atoms. The molecule has 1 aliphatic rings. The van der Waals surface area contributed by atoms with Gasteiger partial charge in [0.2, 0.25) is 0 Å². The van der Waals surface area contributed by atoms with Crippen molar-refractivity contribution in [1.29, 1.82) is 0 Å². The molecule has 3 N–H and O–H groups in total. The van der Waals surface area contributed by atoms with E-state index < -0.39 is 11.7 Å². The van der Waals surface area contributed by atoms with Gasteiger partial charge in [0.25, 0.3) is 5.91 Å². The van der Waals surface area contributed by atoms with Gasteiger partial charge in [0, 0.05) is 30.5 Å². The number of aliphatic hydroxyl groups excluding tert-OH is 1. The van der Waals surface area contributed by atoms with E-state index in [1.54, 1.807) is 18.2 Å². The van der Waals surface area contributed by atoms with Crippen molar-refractivity contribution in [3.8, 4) is 0 Å². The van der Waals surface area contributed by atoms with Crippen LogP contribution in [0.1, 0.15) is 49.7 Å². The Kier molecular flexibility index (Phi) is 9.00. The third-order valence-corrected chi connectivity index (χ3v) is 4.96. The van der Waals surface area contributed by atoms with Gasteiger partial charge in [-0.25, -0.2) is 4.39 Å². The lowest BCUT2D eigenvalue weighted by molar-refractivity contribution is -0.107. The third-order valence-electron chi connectivity index (χ3n) is 4.96. The van der Waals surface area contributed by atoms with E-state index in [1.807, 2.05) is 6.92 Å². The number of furan rings is 1. The first kappa shape index (κ1) is 24.3. The Morgan fingerprint density at radius 3 is 2.55 bits per heavy atom. The van der Waals surface area contributed by atoms with Crippen molar-refractivity contribution in [3.05, 3.63) is 53.3 Å². The molecule has 2 atom stereocenters. The standard InChI is InChI=1S/C21H25FN2O3.C3H6O/c1-13-8-14(2)11-24(10-13)12-16(25)4-3-5-17-18-9-15(22)6-7-19(18)27-20(17)21(23)26;1-2-3-4/h3-7,9,13-14,25H,8,10-12H2,1-2H3,(H2,23,26);3H,2H2,1H3/b5-3+,16-4-;. The number of carbonyl (C=O) groups excluding carboxylic acids is 2. The maximum absolute atomic E-state index is 13.6. The van der Waals surface area contributed by atoms with Crippen molar-refractivity contribution in [3.63, 3.8) is 0 Å². The van der Waals surface area contributed by atoms with E-state index in [4.69, 9.17) is 10.2 Å². The van der Waals surface area contributed by atoms with Crippen LogP contribution in [-0.2, 0) is 4.79 Å². The van der Waals surface area contributed by atoms with Crippen LogP contribution in [0, 0.1) is 17.7 Å². The molecule has 0 saturated carbocycles. The second-order valence-electron chi connectivity index (χ2n) is 8.08. The normalized spacial score (nSPS) is 19.9. The summed E-state index contributed by atoms with van der Waals surface area (Å²) < 4.78 is 19.0. The van der Waals surface area contributed by atoms with Gasteiger partial charge >= 0.3 is 0 Å². The van der Waals surface area contributed by atoms with Crippen molar-refractivity contribution in [1.82, 2.24) is 4.90 Å². The first-order valence-corrected chi connectivity index (χ1v) is 10.5. The summed E-state index contributed by atoms with van der Waals surface area (Å²) in [5.74, 6) is 0.270. The number of aldehydes is 1. The first-order chi connectivity index (χ1) is 14.7. The zero-order valence-corrected chi connectivity index (χ0v) is 18.3. The fraction of sp³-hybridized carbons (Fsp3) is 0.417. The van der Waals surface area contributed by atoms with Gasteiger partial charge in [-0.05, 0) is 42.5 Å². The highest BCUT2D eigenvalue weighted by Gasteiger charge is 2.22. The number of hydrogen-bond donors (Lipinski definition) is 2. The molecule has 1 aromatic heterocycles. The predicted octanol–water partition coefficient (Wildman–Crippen LogP) is 4.70. The molecule has 2 unspecified atom stereocenters. The summed E-state index contributed by atoms with van der Waals surface area (Å²) in [7, 11) is 0. The number of halogens is 1. The topological polar surface area (TPSA) is 96.8 Å². The van der Waals surface area contributed by atoms with Crippen LogP contribution in [0.5, 0.6) is 0 Å². The van der Waals surface area contributed by atoms with Crippen molar-refractivity contribution in [2.45, 2.75) is 33.6 Å². The van der Waals surface area contributed by atoms with Gasteiger partial charge in [-0.1, -0.05) is 32.9 Å². The summed E-state index contributed by atoms with van der Waals surface area (Å²) in [6.07, 6.45) is 7.52. The van der Waals surface area contributed by atoms with Crippen LogP contribution < -0.4 is 5.73 Å². The largest absolute Gasteiger partial charge is 0.511 e. The van der Waals surface area contributed by atoms with Gasteiger partial charge in [0.15, 0.2) is 5.76 Å². The SMILES string of the molecule is CC1CC(C)CN(C/C(O)=C/C=C/c2c(C(N)=O)oc3ccc(F)cc23)C1.CCC=O. The molecule has 2 aromatic rings. The number of nitrogens with two attached hydrogens (primary N) is 1. The average molecular weight is 431 g/mol. The summed E-state index contributed by atoms with van der Waals surface area (Å²) in [5.41, 5.74) is 6.15. The molecule has 0 spiro atoms. The van der Waals surface area contributed by atoms with Gasteiger partial charge < -0.3 is 20.1 Å². The summed E-state index contributed by atoms with van der Waals surface area (Å²) in [5, 5.41) is 10.7. The maximum Gasteiger partial charge on any atom is 0.285 e. The van der Waals surface area contributed by atoms with Crippen LogP contribution in [0.15, 0.2) is 40.5 Å². The van der Waals surface area contributed by atoms with E-state index in [1.165, 1.54) is 24.6 Å². The van der Waals surface area contributed by atoms with Crippen LogP contribution >= 0.6 is 0 Å². The van der Waals surface area contributed by atoms with Gasteiger partial charge in [-0.15, -0.1) is 0 Å². The second-order valence-corrected chi connectivity index (χ2v) is 8.08. The zero-order valence-electron chi connectivity index (χ0n) is 18.3. The van der Waals surface area contributed by atoms with E-state index in [-0.39, 0.29) is 11.5 Å². The molecule has 1 aromatic carbocycles. The summed E-state index contributed by atoms with van der Waals surface area (Å²) in [6.45, 7) is 8.65. The molecular weight excluding hydrogens is 399 g/mol. The molecule has 1 fully saturated rings. The minimum absolute atomic E-state index is 0.0292. The molecule has 0 bridgehead atoms. The number of carbonyl (C=O) groups is 2. The molecule has 0 radical (unpaired) electrons. The number of hydrogen-bond acceptors (Lipinski definition) is 5. The van der Waals surface area contributed by atoms with Crippen LogP contribution in [0.2, 0.25) is 0 Å². The fourth-order valence-electron chi connectivity index (χ4n) is 3.90. The summed E-state index contributed by atoms with van der Waals surface area (Å²) in [6, 6.07) is 4.02. The lowest BCUT2D eigenvalue weighted by Gasteiger charge is -2.34. The number of allylic oxidation sites excluding steroid dienone is 2. The Hall–Kier alpha value is -2.93. The molecule has 0 aliphatic carbocycles. The maximum atomic E-state index is 13.6. The van der Waals surface area contributed by atoms with Crippen LogP contribution in [0.3, 0.4) is 0 Å². The fourth-order valence-corrected chi connectivity index (χ4v) is 3.90. The highest BCUT2D eigenvalue weighted by molar-refractivity contribution is 6.02. The number of fused-ring (bicyclic) bond motifs is 1. The minimum Gasteiger partial charge on any atom is -0.511 e. The average Bonchev–Trinajstić information content (AvgIpc) is 3.05. The highest BCUT2D eigenvalue weighted by atomic mass is 19.1. The molecule has 168 valence electrons. The van der Waals surface area contributed by atoms with Crippen LogP contribution in [-0.4, -0.2) is 41.8 Å². The molecule has 2 heterocycles. The molecule has 6 nitrogen and oxygen atoms in total. The van der Waals surface area contributed by atoms with Crippen LogP contribution in [0.4, 0.5) is 4.39 Å². The highest BCUT2D eigenvalue weighted by Crippen LogP contribution is 2.28. The number of nitrogens with zero attached hydrogens (tertiary/aromatic N) is 1. The van der Waals surface area contributed by atoms with Crippen molar-refractivity contribution in [2.24, 2.45) is 17.6 Å². The number of amides is 1. The molecular formula is C24H31FN2O4. The quantitative estimate of drug-likeness (QED) is 0.393. The molecule has 1 amide bonds. The van der Waals surface area contributed by atoms with Crippen LogP contribution in [0.25, 0.3) is 17.0 Å². The Balaban J connectivity index is 0.000000785. The van der Waals surface area contributed by atoms with E-state index in [9.17, 15) is 19.1 Å². The predicted molar refractivity (Wildman–Crippen MR) is 120 cm³/mol. The Morgan fingerprint density at radius 2 is 1.97 bits per heavy atom. The van der Waals surface area contributed by atoms with Crippen molar-refractivity contribution < 1.29 is 23.5 Å². The molecule has 1 saturated heterocycles. The van der Waals surface area contributed by atoms with E-state index in [0.717, 1.165) is 19.4 Å². The van der Waals surface area contributed by atoms with Gasteiger partial charge in [0.1, 0.15) is 23.4 Å². The van der Waals surface area contributed by atoms with Gasteiger partial charge in [-0.2, -0.15) is 0 Å². The molecule has 7 heteroatoms. The van der Waals surface area contributed by atoms with Gasteiger partial charge in [-0.3, -0.25) is 9.69 Å². The smallest absolute Gasteiger partial charge is 0.285 e. The number of aliphatic hydroxyl groups is 1. The second kappa shape index (κ2) is 11.5. The van der Waals surface area contributed by atoms with Crippen molar-refractivity contribution in [2.75, 3.05) is 19.6 Å². The van der Waals surface area contributed by atoms with E-state index >= 15 is 0 Å². The monoisotopic (exact) mass is 430 g/mol. The Bertz CT molecular complexity index is 954. The lowest BCUT2D eigenvalue weighted by atomic mass is 9.92. The molecule has 3 rings (SSSR count).